The van der Waals surface area contributed by atoms with Crippen LogP contribution in [-0.2, 0) is 11.3 Å². The first-order chi connectivity index (χ1) is 9.71. The molecule has 0 radical (unpaired) electrons. The molecule has 0 saturated heterocycles. The zero-order chi connectivity index (χ0) is 14.0. The normalized spacial score (nSPS) is 28.9. The van der Waals surface area contributed by atoms with Crippen molar-refractivity contribution >= 4 is 11.6 Å². The van der Waals surface area contributed by atoms with Crippen LogP contribution in [0.25, 0.3) is 0 Å². The second-order valence-corrected chi connectivity index (χ2v) is 6.76. The number of rotatable bonds is 3. The van der Waals surface area contributed by atoms with E-state index < -0.39 is 0 Å². The van der Waals surface area contributed by atoms with E-state index >= 15 is 0 Å². The van der Waals surface area contributed by atoms with E-state index in [9.17, 15) is 5.11 Å². The van der Waals surface area contributed by atoms with Gasteiger partial charge in [-0.2, -0.15) is 0 Å². The number of benzene rings is 1. The summed E-state index contributed by atoms with van der Waals surface area (Å²) in [4.78, 5) is 0. The number of aliphatic hydroxyl groups is 1. The minimum atomic E-state index is -0.162. The maximum atomic E-state index is 10.3. The van der Waals surface area contributed by atoms with Crippen molar-refractivity contribution in [3.63, 3.8) is 0 Å². The summed E-state index contributed by atoms with van der Waals surface area (Å²) in [7, 11) is 0. The zero-order valence-corrected chi connectivity index (χ0v) is 12.6. The summed E-state index contributed by atoms with van der Waals surface area (Å²) in [6.45, 7) is 0.597. The molecule has 3 rings (SSSR count). The third kappa shape index (κ3) is 2.74. The third-order valence-corrected chi connectivity index (χ3v) is 5.35. The molecule has 110 valence electrons. The average Bonchev–Trinajstić information content (AvgIpc) is 2.71. The highest BCUT2D eigenvalue weighted by atomic mass is 35.5. The average molecular weight is 295 g/mol. The first-order valence-corrected chi connectivity index (χ1v) is 8.13. The molecule has 3 heteroatoms. The fraction of sp³-hybridized carbons (Fsp3) is 0.647. The number of hydrogen-bond acceptors (Lipinski definition) is 2. The van der Waals surface area contributed by atoms with Crippen LogP contribution < -0.4 is 0 Å². The Kier molecular flexibility index (Phi) is 4.34. The van der Waals surface area contributed by atoms with E-state index in [2.05, 4.69) is 0 Å². The van der Waals surface area contributed by atoms with Crippen LogP contribution in [0.5, 0.6) is 0 Å². The van der Waals surface area contributed by atoms with Crippen LogP contribution in [0.4, 0.5) is 0 Å². The molecule has 1 aromatic carbocycles. The van der Waals surface area contributed by atoms with Gasteiger partial charge in [0.25, 0.3) is 0 Å². The standard InChI is InChI=1S/C17H23ClO2/c18-14-7-5-6-13(10-14)12-20-16-11-15(19)17(16)8-3-1-2-4-9-17/h5-7,10,15-16,19H,1-4,8-9,11-12H2. The Labute approximate surface area is 126 Å². The van der Waals surface area contributed by atoms with Crippen molar-refractivity contribution in [2.45, 2.75) is 63.8 Å². The van der Waals surface area contributed by atoms with E-state index in [1.165, 1.54) is 25.7 Å². The van der Waals surface area contributed by atoms with Gasteiger partial charge in [-0.3, -0.25) is 0 Å². The molecule has 20 heavy (non-hydrogen) atoms. The number of ether oxygens (including phenoxy) is 1. The lowest BCUT2D eigenvalue weighted by Crippen LogP contribution is -2.57. The van der Waals surface area contributed by atoms with Crippen LogP contribution in [-0.4, -0.2) is 17.3 Å². The van der Waals surface area contributed by atoms with Crippen LogP contribution >= 0.6 is 11.6 Å². The first-order valence-electron chi connectivity index (χ1n) is 7.75. The Morgan fingerprint density at radius 3 is 2.60 bits per heavy atom. The van der Waals surface area contributed by atoms with Gasteiger partial charge in [-0.15, -0.1) is 0 Å². The van der Waals surface area contributed by atoms with E-state index in [4.69, 9.17) is 16.3 Å². The minimum Gasteiger partial charge on any atom is -0.392 e. The van der Waals surface area contributed by atoms with Gasteiger partial charge < -0.3 is 9.84 Å². The number of aliphatic hydroxyl groups excluding tert-OH is 1. The molecule has 0 aromatic heterocycles. The molecule has 2 unspecified atom stereocenters. The van der Waals surface area contributed by atoms with Gasteiger partial charge in [-0.1, -0.05) is 49.4 Å². The molecule has 2 fully saturated rings. The zero-order valence-electron chi connectivity index (χ0n) is 11.9. The largest absolute Gasteiger partial charge is 0.392 e. The molecule has 1 spiro atoms. The van der Waals surface area contributed by atoms with Gasteiger partial charge in [-0.25, -0.2) is 0 Å². The van der Waals surface area contributed by atoms with Gasteiger partial charge in [0.2, 0.25) is 0 Å². The lowest BCUT2D eigenvalue weighted by atomic mass is 9.59. The molecule has 1 aromatic rings. The summed E-state index contributed by atoms with van der Waals surface area (Å²) in [6, 6.07) is 7.83. The highest BCUT2D eigenvalue weighted by Gasteiger charge is 2.54. The Hall–Kier alpha value is -0.570. The fourth-order valence-corrected chi connectivity index (χ4v) is 4.04. The van der Waals surface area contributed by atoms with Gasteiger partial charge in [0.15, 0.2) is 0 Å². The van der Waals surface area contributed by atoms with Crippen LogP contribution in [0.3, 0.4) is 0 Å². The highest BCUT2D eigenvalue weighted by molar-refractivity contribution is 6.30. The third-order valence-electron chi connectivity index (χ3n) is 5.12. The van der Waals surface area contributed by atoms with E-state index in [1.54, 1.807) is 0 Å². The summed E-state index contributed by atoms with van der Waals surface area (Å²) in [5.41, 5.74) is 1.15. The van der Waals surface area contributed by atoms with Gasteiger partial charge in [-0.05, 0) is 30.5 Å². The minimum absolute atomic E-state index is 0.0368. The van der Waals surface area contributed by atoms with Gasteiger partial charge in [0.05, 0.1) is 18.8 Å². The second kappa shape index (κ2) is 6.05. The van der Waals surface area contributed by atoms with E-state index in [-0.39, 0.29) is 17.6 Å². The molecule has 0 aliphatic heterocycles. The van der Waals surface area contributed by atoms with E-state index in [0.29, 0.717) is 6.61 Å². The maximum absolute atomic E-state index is 10.3. The van der Waals surface area contributed by atoms with Crippen molar-refractivity contribution in [2.75, 3.05) is 0 Å². The molecule has 1 N–H and O–H groups in total. The monoisotopic (exact) mass is 294 g/mol. The fourth-order valence-electron chi connectivity index (χ4n) is 3.83. The van der Waals surface area contributed by atoms with Crippen molar-refractivity contribution in [3.05, 3.63) is 34.9 Å². The van der Waals surface area contributed by atoms with Gasteiger partial charge in [0, 0.05) is 16.9 Å². The smallest absolute Gasteiger partial charge is 0.0721 e. The van der Waals surface area contributed by atoms with Crippen LogP contribution in [0.1, 0.15) is 50.5 Å². The Morgan fingerprint density at radius 1 is 1.20 bits per heavy atom. The second-order valence-electron chi connectivity index (χ2n) is 6.33. The molecule has 0 heterocycles. The molecule has 2 atom stereocenters. The lowest BCUT2D eigenvalue weighted by Gasteiger charge is -2.53. The Morgan fingerprint density at radius 2 is 1.95 bits per heavy atom. The van der Waals surface area contributed by atoms with Crippen LogP contribution in [0.15, 0.2) is 24.3 Å². The molecule has 2 nitrogen and oxygen atoms in total. The molecule has 0 bridgehead atoms. The van der Waals surface area contributed by atoms with Crippen LogP contribution in [0.2, 0.25) is 5.02 Å². The molecule has 2 aliphatic rings. The summed E-state index contributed by atoms with van der Waals surface area (Å²) in [5.74, 6) is 0. The summed E-state index contributed by atoms with van der Waals surface area (Å²) in [5, 5.41) is 11.0. The van der Waals surface area contributed by atoms with Crippen LogP contribution in [0, 0.1) is 5.41 Å². The Bertz CT molecular complexity index is 452. The Balaban J connectivity index is 1.62. The summed E-state index contributed by atoms with van der Waals surface area (Å²) >= 11 is 6.00. The topological polar surface area (TPSA) is 29.5 Å². The molecular formula is C17H23ClO2. The first kappa shape index (κ1) is 14.4. The number of halogens is 1. The highest BCUT2D eigenvalue weighted by Crippen LogP contribution is 2.52. The summed E-state index contributed by atoms with van der Waals surface area (Å²) < 4.78 is 6.12. The van der Waals surface area contributed by atoms with E-state index in [0.717, 1.165) is 29.8 Å². The summed E-state index contributed by atoms with van der Waals surface area (Å²) in [6.07, 6.45) is 8.15. The molecule has 2 aliphatic carbocycles. The quantitative estimate of drug-likeness (QED) is 0.899. The predicted molar refractivity (Wildman–Crippen MR) is 80.8 cm³/mol. The SMILES string of the molecule is OC1CC(OCc2cccc(Cl)c2)C12CCCCCC2. The van der Waals surface area contributed by atoms with Gasteiger partial charge in [0.1, 0.15) is 0 Å². The predicted octanol–water partition coefficient (Wildman–Crippen LogP) is 4.33. The maximum Gasteiger partial charge on any atom is 0.0721 e. The molecular weight excluding hydrogens is 272 g/mol. The van der Waals surface area contributed by atoms with Crippen molar-refractivity contribution in [1.29, 1.82) is 0 Å². The molecule has 0 amide bonds. The van der Waals surface area contributed by atoms with Crippen molar-refractivity contribution < 1.29 is 9.84 Å². The van der Waals surface area contributed by atoms with Crippen molar-refractivity contribution in [2.24, 2.45) is 5.41 Å². The van der Waals surface area contributed by atoms with Crippen molar-refractivity contribution in [3.8, 4) is 0 Å². The van der Waals surface area contributed by atoms with E-state index in [1.807, 2.05) is 24.3 Å². The van der Waals surface area contributed by atoms with Gasteiger partial charge >= 0.3 is 0 Å². The number of hydrogen-bond donors (Lipinski definition) is 1. The molecule has 2 saturated carbocycles. The lowest BCUT2D eigenvalue weighted by molar-refractivity contribution is -0.203. The van der Waals surface area contributed by atoms with Crippen molar-refractivity contribution in [1.82, 2.24) is 0 Å².